The fourth-order valence-electron chi connectivity index (χ4n) is 3.44. The van der Waals surface area contributed by atoms with E-state index in [2.05, 4.69) is 40.0 Å². The van der Waals surface area contributed by atoms with Crippen LogP contribution in [0.1, 0.15) is 23.2 Å². The van der Waals surface area contributed by atoms with Crippen molar-refractivity contribution in [2.75, 3.05) is 11.9 Å². The van der Waals surface area contributed by atoms with Crippen LogP contribution in [-0.4, -0.2) is 32.9 Å². The highest BCUT2D eigenvalue weighted by Gasteiger charge is 2.31. The molecule has 5 nitrogen and oxygen atoms in total. The largest absolute Gasteiger partial charge is 0.373 e. The predicted molar refractivity (Wildman–Crippen MR) is 84.6 cm³/mol. The Balaban J connectivity index is 1.51. The number of aromatic nitrogens is 2. The van der Waals surface area contributed by atoms with Crippen molar-refractivity contribution in [3.05, 3.63) is 47.5 Å². The Kier molecular flexibility index (Phi) is 3.13. The Hall–Kier alpha value is -2.30. The summed E-state index contributed by atoms with van der Waals surface area (Å²) in [5, 5.41) is 3.38. The molecule has 0 saturated heterocycles. The normalized spacial score (nSPS) is 20.0. The smallest absolute Gasteiger partial charge is 0.245 e. The Morgan fingerprint density at radius 3 is 3.18 bits per heavy atom. The summed E-state index contributed by atoms with van der Waals surface area (Å²) in [6.07, 6.45) is 5.49. The maximum absolute atomic E-state index is 12.9. The topological polar surface area (TPSA) is 50.2 Å². The van der Waals surface area contributed by atoms with Crippen molar-refractivity contribution in [3.63, 3.8) is 0 Å². The van der Waals surface area contributed by atoms with E-state index < -0.39 is 0 Å². The standard InChI is InChI=1S/C17H20N4O/c1-12-3-4-15-13(7-12)8-16(19-15)17(22)20-5-2-6-21-11-18-9-14(21)10-20/h3-4,7,9,11,16,19H,2,5-6,8,10H2,1H3. The van der Waals surface area contributed by atoms with Crippen molar-refractivity contribution >= 4 is 11.6 Å². The number of carbonyl (C=O) groups is 1. The SMILES string of the molecule is Cc1ccc2c(c1)CC(C(=O)N1CCCn3cncc3C1)N2. The van der Waals surface area contributed by atoms with Crippen LogP contribution in [0, 0.1) is 6.92 Å². The number of hydrogen-bond donors (Lipinski definition) is 1. The number of imidazole rings is 1. The van der Waals surface area contributed by atoms with Gasteiger partial charge in [-0.05, 0) is 25.0 Å². The molecule has 22 heavy (non-hydrogen) atoms. The van der Waals surface area contributed by atoms with Crippen molar-refractivity contribution in [1.82, 2.24) is 14.5 Å². The fraction of sp³-hybridized carbons (Fsp3) is 0.412. The van der Waals surface area contributed by atoms with Crippen LogP contribution in [0.5, 0.6) is 0 Å². The van der Waals surface area contributed by atoms with Gasteiger partial charge in [0.05, 0.1) is 18.6 Å². The Morgan fingerprint density at radius 2 is 2.27 bits per heavy atom. The van der Waals surface area contributed by atoms with E-state index in [0.29, 0.717) is 6.54 Å². The number of fused-ring (bicyclic) bond motifs is 2. The van der Waals surface area contributed by atoms with Crippen LogP contribution in [0.15, 0.2) is 30.7 Å². The van der Waals surface area contributed by atoms with Crippen LogP contribution in [0.2, 0.25) is 0 Å². The minimum atomic E-state index is -0.133. The van der Waals surface area contributed by atoms with Gasteiger partial charge in [0.2, 0.25) is 5.91 Å². The highest BCUT2D eigenvalue weighted by atomic mass is 16.2. The number of nitrogens with zero attached hydrogens (tertiary/aromatic N) is 3. The lowest BCUT2D eigenvalue weighted by molar-refractivity contribution is -0.132. The maximum atomic E-state index is 12.9. The average molecular weight is 296 g/mol. The third-order valence-electron chi connectivity index (χ3n) is 4.60. The monoisotopic (exact) mass is 296 g/mol. The third kappa shape index (κ3) is 2.26. The van der Waals surface area contributed by atoms with Crippen molar-refractivity contribution in [2.45, 2.75) is 38.9 Å². The summed E-state index contributed by atoms with van der Waals surface area (Å²) < 4.78 is 2.15. The summed E-state index contributed by atoms with van der Waals surface area (Å²) in [5.74, 6) is 0.198. The van der Waals surface area contributed by atoms with E-state index in [0.717, 1.165) is 37.3 Å². The lowest BCUT2D eigenvalue weighted by atomic mass is 10.1. The van der Waals surface area contributed by atoms with Crippen molar-refractivity contribution in [3.8, 4) is 0 Å². The van der Waals surface area contributed by atoms with Gasteiger partial charge >= 0.3 is 0 Å². The molecule has 2 aliphatic rings. The molecule has 1 aromatic carbocycles. The number of hydrogen-bond acceptors (Lipinski definition) is 3. The molecule has 1 amide bonds. The summed E-state index contributed by atoms with van der Waals surface area (Å²) in [5.41, 5.74) is 4.71. The van der Waals surface area contributed by atoms with Gasteiger partial charge in [-0.15, -0.1) is 0 Å². The van der Waals surface area contributed by atoms with Gasteiger partial charge in [0.15, 0.2) is 0 Å². The zero-order valence-corrected chi connectivity index (χ0v) is 12.7. The summed E-state index contributed by atoms with van der Waals surface area (Å²) in [4.78, 5) is 19.0. The number of aryl methyl sites for hydroxylation is 2. The fourth-order valence-corrected chi connectivity index (χ4v) is 3.44. The zero-order valence-electron chi connectivity index (χ0n) is 12.7. The molecule has 1 unspecified atom stereocenters. The number of nitrogens with one attached hydrogen (secondary N) is 1. The first-order valence-electron chi connectivity index (χ1n) is 7.84. The van der Waals surface area contributed by atoms with E-state index in [1.54, 1.807) is 0 Å². The quantitative estimate of drug-likeness (QED) is 0.875. The van der Waals surface area contributed by atoms with Crippen molar-refractivity contribution in [1.29, 1.82) is 0 Å². The molecule has 0 aliphatic carbocycles. The minimum Gasteiger partial charge on any atom is -0.373 e. The molecule has 3 heterocycles. The zero-order chi connectivity index (χ0) is 15.1. The maximum Gasteiger partial charge on any atom is 0.245 e. The van der Waals surface area contributed by atoms with Crippen molar-refractivity contribution < 1.29 is 4.79 Å². The first-order valence-corrected chi connectivity index (χ1v) is 7.84. The molecule has 0 saturated carbocycles. The second kappa shape index (κ2) is 5.16. The van der Waals surface area contributed by atoms with E-state index in [9.17, 15) is 4.79 Å². The molecule has 0 fully saturated rings. The lowest BCUT2D eigenvalue weighted by Crippen LogP contribution is -2.41. The Bertz CT molecular complexity index is 721. The van der Waals surface area contributed by atoms with Gasteiger partial charge in [-0.1, -0.05) is 17.7 Å². The minimum absolute atomic E-state index is 0.133. The van der Waals surface area contributed by atoms with Gasteiger partial charge in [-0.25, -0.2) is 4.98 Å². The van der Waals surface area contributed by atoms with Gasteiger partial charge in [0.25, 0.3) is 0 Å². The molecule has 1 N–H and O–H groups in total. The highest BCUT2D eigenvalue weighted by molar-refractivity contribution is 5.87. The molecule has 1 atom stereocenters. The van der Waals surface area contributed by atoms with Gasteiger partial charge in [-0.3, -0.25) is 4.79 Å². The molecule has 0 spiro atoms. The van der Waals surface area contributed by atoms with Gasteiger partial charge in [0.1, 0.15) is 6.04 Å². The lowest BCUT2D eigenvalue weighted by Gasteiger charge is -2.23. The number of carbonyl (C=O) groups excluding carboxylic acids is 1. The van der Waals surface area contributed by atoms with Crippen LogP contribution in [-0.2, 0) is 24.3 Å². The Morgan fingerprint density at radius 1 is 1.36 bits per heavy atom. The third-order valence-corrected chi connectivity index (χ3v) is 4.60. The van der Waals surface area contributed by atoms with Gasteiger partial charge in [-0.2, -0.15) is 0 Å². The number of anilines is 1. The van der Waals surface area contributed by atoms with E-state index >= 15 is 0 Å². The molecule has 0 bridgehead atoms. The number of rotatable bonds is 1. The van der Waals surface area contributed by atoms with Crippen LogP contribution in [0.4, 0.5) is 5.69 Å². The van der Waals surface area contributed by atoms with Crippen molar-refractivity contribution in [2.24, 2.45) is 0 Å². The second-order valence-electron chi connectivity index (χ2n) is 6.25. The second-order valence-corrected chi connectivity index (χ2v) is 6.25. The molecular weight excluding hydrogens is 276 g/mol. The van der Waals surface area contributed by atoms with Gasteiger partial charge in [0, 0.05) is 31.4 Å². The highest BCUT2D eigenvalue weighted by Crippen LogP contribution is 2.28. The van der Waals surface area contributed by atoms with Crippen LogP contribution < -0.4 is 5.32 Å². The first-order chi connectivity index (χ1) is 10.7. The molecule has 5 heteroatoms. The molecular formula is C17H20N4O. The van der Waals surface area contributed by atoms with Crippen LogP contribution >= 0.6 is 0 Å². The van der Waals surface area contributed by atoms with E-state index in [1.165, 1.54) is 11.1 Å². The van der Waals surface area contributed by atoms with E-state index in [4.69, 9.17) is 0 Å². The molecule has 2 aromatic rings. The van der Waals surface area contributed by atoms with E-state index in [-0.39, 0.29) is 11.9 Å². The summed E-state index contributed by atoms with van der Waals surface area (Å²) in [6.45, 7) is 4.50. The average Bonchev–Trinajstić information content (AvgIpc) is 3.07. The summed E-state index contributed by atoms with van der Waals surface area (Å²) in [7, 11) is 0. The molecule has 1 aromatic heterocycles. The first kappa shape index (κ1) is 13.4. The number of benzene rings is 1. The number of amides is 1. The molecule has 2 aliphatic heterocycles. The molecule has 4 rings (SSSR count). The summed E-state index contributed by atoms with van der Waals surface area (Å²) >= 11 is 0. The van der Waals surface area contributed by atoms with E-state index in [1.807, 2.05) is 17.4 Å². The predicted octanol–water partition coefficient (Wildman–Crippen LogP) is 1.96. The van der Waals surface area contributed by atoms with Crippen LogP contribution in [0.3, 0.4) is 0 Å². The Labute approximate surface area is 130 Å². The van der Waals surface area contributed by atoms with Gasteiger partial charge < -0.3 is 14.8 Å². The summed E-state index contributed by atoms with van der Waals surface area (Å²) in [6, 6.07) is 6.21. The van der Waals surface area contributed by atoms with Crippen LogP contribution in [0.25, 0.3) is 0 Å². The molecule has 114 valence electrons. The molecule has 0 radical (unpaired) electrons.